The van der Waals surface area contributed by atoms with E-state index in [2.05, 4.69) is 10.4 Å². The lowest BCUT2D eigenvalue weighted by Gasteiger charge is -2.33. The third-order valence-electron chi connectivity index (χ3n) is 4.42. The van der Waals surface area contributed by atoms with Gasteiger partial charge in [-0.3, -0.25) is 14.3 Å². The maximum atomic E-state index is 12.7. The van der Waals surface area contributed by atoms with Crippen LogP contribution in [0.15, 0.2) is 48.8 Å². The van der Waals surface area contributed by atoms with Crippen LogP contribution in [-0.4, -0.2) is 39.6 Å². The lowest BCUT2D eigenvalue weighted by atomic mass is 9.96. The monoisotopic (exact) mass is 326 g/mol. The van der Waals surface area contributed by atoms with E-state index in [1.807, 2.05) is 37.3 Å². The number of para-hydroxylation sites is 1. The molecule has 2 atom stereocenters. The van der Waals surface area contributed by atoms with E-state index in [1.165, 1.54) is 0 Å². The van der Waals surface area contributed by atoms with Crippen LogP contribution in [0, 0.1) is 5.92 Å². The molecule has 24 heavy (non-hydrogen) atoms. The smallest absolute Gasteiger partial charge is 0.247 e. The summed E-state index contributed by atoms with van der Waals surface area (Å²) in [4.78, 5) is 26.9. The molecule has 1 aromatic heterocycles. The van der Waals surface area contributed by atoms with Crippen molar-refractivity contribution in [2.24, 2.45) is 5.92 Å². The quantitative estimate of drug-likeness (QED) is 0.937. The van der Waals surface area contributed by atoms with E-state index in [4.69, 9.17) is 0 Å². The Hall–Kier alpha value is -2.63. The second-order valence-electron chi connectivity index (χ2n) is 6.14. The van der Waals surface area contributed by atoms with Gasteiger partial charge in [-0.2, -0.15) is 5.10 Å². The van der Waals surface area contributed by atoms with Crippen molar-refractivity contribution in [3.05, 3.63) is 48.8 Å². The van der Waals surface area contributed by atoms with Crippen LogP contribution in [0.25, 0.3) is 0 Å². The molecular weight excluding hydrogens is 304 g/mol. The fourth-order valence-corrected chi connectivity index (χ4v) is 3.04. The summed E-state index contributed by atoms with van der Waals surface area (Å²) in [6.45, 7) is 2.99. The summed E-state index contributed by atoms with van der Waals surface area (Å²) in [5, 5.41) is 7.07. The lowest BCUT2D eigenvalue weighted by molar-refractivity contribution is -0.137. The number of aromatic nitrogens is 2. The van der Waals surface area contributed by atoms with Crippen LogP contribution in [0.1, 0.15) is 25.8 Å². The Bertz CT molecular complexity index is 684. The summed E-state index contributed by atoms with van der Waals surface area (Å²) in [6.07, 6.45) is 5.09. The van der Waals surface area contributed by atoms with Crippen LogP contribution in [0.2, 0.25) is 0 Å². The number of piperidine rings is 1. The molecule has 1 saturated heterocycles. The number of carbonyl (C=O) groups excluding carboxylic acids is 2. The van der Waals surface area contributed by atoms with Gasteiger partial charge in [-0.05, 0) is 38.0 Å². The van der Waals surface area contributed by atoms with Gasteiger partial charge in [0.2, 0.25) is 11.8 Å². The molecule has 1 aromatic carbocycles. The molecule has 0 bridgehead atoms. The number of hydrogen-bond acceptors (Lipinski definition) is 3. The molecule has 2 heterocycles. The Balaban J connectivity index is 1.61. The zero-order valence-corrected chi connectivity index (χ0v) is 13.8. The molecule has 2 unspecified atom stereocenters. The average Bonchev–Trinajstić information content (AvgIpc) is 3.16. The zero-order chi connectivity index (χ0) is 16.9. The molecule has 2 amide bonds. The Labute approximate surface area is 141 Å². The first kappa shape index (κ1) is 16.2. The molecule has 0 aliphatic carbocycles. The van der Waals surface area contributed by atoms with Gasteiger partial charge in [0.15, 0.2) is 0 Å². The summed E-state index contributed by atoms with van der Waals surface area (Å²) in [6, 6.07) is 10.9. The summed E-state index contributed by atoms with van der Waals surface area (Å²) in [5.74, 6) is -0.186. The van der Waals surface area contributed by atoms with Crippen molar-refractivity contribution in [1.82, 2.24) is 14.7 Å². The summed E-state index contributed by atoms with van der Waals surface area (Å²) >= 11 is 0. The fourth-order valence-electron chi connectivity index (χ4n) is 3.04. The van der Waals surface area contributed by atoms with Crippen molar-refractivity contribution < 1.29 is 9.59 Å². The van der Waals surface area contributed by atoms with Crippen LogP contribution in [0.5, 0.6) is 0 Å². The molecule has 6 nitrogen and oxygen atoms in total. The minimum absolute atomic E-state index is 0.0101. The normalized spacial score (nSPS) is 18.9. The predicted octanol–water partition coefficient (Wildman–Crippen LogP) is 2.32. The molecule has 0 radical (unpaired) electrons. The number of amides is 2. The number of nitrogens with one attached hydrogen (secondary N) is 1. The van der Waals surface area contributed by atoms with Crippen LogP contribution >= 0.6 is 0 Å². The molecule has 6 heteroatoms. The van der Waals surface area contributed by atoms with Gasteiger partial charge in [-0.1, -0.05) is 18.2 Å². The minimum Gasteiger partial charge on any atom is -0.340 e. The molecule has 1 aliphatic rings. The maximum absolute atomic E-state index is 12.7. The van der Waals surface area contributed by atoms with E-state index < -0.39 is 0 Å². The highest BCUT2D eigenvalue weighted by Gasteiger charge is 2.31. The van der Waals surface area contributed by atoms with E-state index in [0.717, 1.165) is 18.5 Å². The van der Waals surface area contributed by atoms with Gasteiger partial charge in [0.05, 0.1) is 5.92 Å². The Morgan fingerprint density at radius 3 is 2.75 bits per heavy atom. The van der Waals surface area contributed by atoms with Crippen molar-refractivity contribution in [2.45, 2.75) is 25.8 Å². The topological polar surface area (TPSA) is 67.2 Å². The first-order chi connectivity index (χ1) is 11.6. The first-order valence-electron chi connectivity index (χ1n) is 8.29. The van der Waals surface area contributed by atoms with E-state index in [-0.39, 0.29) is 23.8 Å². The van der Waals surface area contributed by atoms with Crippen LogP contribution < -0.4 is 5.32 Å². The summed E-state index contributed by atoms with van der Waals surface area (Å²) in [5.41, 5.74) is 0.788. The average molecular weight is 326 g/mol. The highest BCUT2D eigenvalue weighted by atomic mass is 16.2. The van der Waals surface area contributed by atoms with Crippen molar-refractivity contribution >= 4 is 17.5 Å². The molecule has 0 spiro atoms. The van der Waals surface area contributed by atoms with Crippen molar-refractivity contribution in [1.29, 1.82) is 0 Å². The molecule has 3 rings (SSSR count). The number of carbonyl (C=O) groups is 2. The second kappa shape index (κ2) is 7.29. The maximum Gasteiger partial charge on any atom is 0.247 e. The van der Waals surface area contributed by atoms with Gasteiger partial charge in [0.1, 0.15) is 6.04 Å². The molecule has 0 saturated carbocycles. The molecular formula is C18H22N4O2. The summed E-state index contributed by atoms with van der Waals surface area (Å²) < 4.78 is 1.65. The number of nitrogens with zero attached hydrogens (tertiary/aromatic N) is 3. The van der Waals surface area contributed by atoms with E-state index in [1.54, 1.807) is 28.0 Å². The SMILES string of the molecule is CC(C(=O)N1CCCC(C(=O)Nc2ccccc2)C1)n1cccn1. The molecule has 1 fully saturated rings. The number of rotatable bonds is 4. The van der Waals surface area contributed by atoms with Crippen LogP contribution in [0.4, 0.5) is 5.69 Å². The number of benzene rings is 1. The van der Waals surface area contributed by atoms with Crippen molar-refractivity contribution in [3.63, 3.8) is 0 Å². The minimum atomic E-state index is -0.351. The third kappa shape index (κ3) is 3.64. The highest BCUT2D eigenvalue weighted by Crippen LogP contribution is 2.21. The van der Waals surface area contributed by atoms with Gasteiger partial charge in [-0.15, -0.1) is 0 Å². The largest absolute Gasteiger partial charge is 0.340 e. The first-order valence-corrected chi connectivity index (χ1v) is 8.29. The van der Waals surface area contributed by atoms with Gasteiger partial charge in [0, 0.05) is 31.2 Å². The lowest BCUT2D eigenvalue weighted by Crippen LogP contribution is -2.46. The van der Waals surface area contributed by atoms with E-state index in [9.17, 15) is 9.59 Å². The van der Waals surface area contributed by atoms with Crippen LogP contribution in [0.3, 0.4) is 0 Å². The predicted molar refractivity (Wildman–Crippen MR) is 91.3 cm³/mol. The van der Waals surface area contributed by atoms with E-state index in [0.29, 0.717) is 13.1 Å². The third-order valence-corrected chi connectivity index (χ3v) is 4.42. The van der Waals surface area contributed by atoms with Crippen molar-refractivity contribution in [2.75, 3.05) is 18.4 Å². The Morgan fingerprint density at radius 2 is 2.04 bits per heavy atom. The Kier molecular flexibility index (Phi) is 4.93. The van der Waals surface area contributed by atoms with Crippen LogP contribution in [-0.2, 0) is 9.59 Å². The molecule has 1 aliphatic heterocycles. The number of likely N-dealkylation sites (tertiary alicyclic amines) is 1. The van der Waals surface area contributed by atoms with Gasteiger partial charge >= 0.3 is 0 Å². The second-order valence-corrected chi connectivity index (χ2v) is 6.14. The van der Waals surface area contributed by atoms with E-state index >= 15 is 0 Å². The number of hydrogen-bond donors (Lipinski definition) is 1. The van der Waals surface area contributed by atoms with Gasteiger partial charge < -0.3 is 10.2 Å². The molecule has 2 aromatic rings. The fraction of sp³-hybridized carbons (Fsp3) is 0.389. The standard InChI is InChI=1S/C18H22N4O2/c1-14(22-12-6-10-19-22)18(24)21-11-5-7-15(13-21)17(23)20-16-8-3-2-4-9-16/h2-4,6,8-10,12,14-15H,5,7,11,13H2,1H3,(H,20,23). The molecule has 126 valence electrons. The summed E-state index contributed by atoms with van der Waals surface area (Å²) in [7, 11) is 0. The number of anilines is 1. The van der Waals surface area contributed by atoms with Gasteiger partial charge in [-0.25, -0.2) is 0 Å². The highest BCUT2D eigenvalue weighted by molar-refractivity contribution is 5.93. The Morgan fingerprint density at radius 1 is 1.25 bits per heavy atom. The molecule has 1 N–H and O–H groups in total. The zero-order valence-electron chi connectivity index (χ0n) is 13.8. The van der Waals surface area contributed by atoms with Gasteiger partial charge in [0.25, 0.3) is 0 Å². The van der Waals surface area contributed by atoms with Crippen molar-refractivity contribution in [3.8, 4) is 0 Å².